The van der Waals surface area contributed by atoms with Crippen molar-refractivity contribution >= 4 is 11.6 Å². The van der Waals surface area contributed by atoms with Gasteiger partial charge < -0.3 is 4.74 Å². The molecule has 0 aliphatic heterocycles. The minimum absolute atomic E-state index is 0.0326. The third-order valence-corrected chi connectivity index (χ3v) is 4.05. The molecule has 0 aliphatic rings. The van der Waals surface area contributed by atoms with Crippen LogP contribution in [0, 0.1) is 0 Å². The highest BCUT2D eigenvalue weighted by Crippen LogP contribution is 2.32. The molecular formula is C21H24O3. The SMILES string of the molecule is COc1cc(CC(=O)c2ccccc2C(C)=O)ccc1C(C)(C)C. The molecule has 0 radical (unpaired) electrons. The van der Waals surface area contributed by atoms with Crippen LogP contribution in [0.1, 0.15) is 59.5 Å². The molecule has 0 fully saturated rings. The molecule has 0 unspecified atom stereocenters. The normalized spacial score (nSPS) is 11.2. The van der Waals surface area contributed by atoms with Crippen molar-refractivity contribution in [2.24, 2.45) is 0 Å². The topological polar surface area (TPSA) is 43.4 Å². The molecule has 0 atom stereocenters. The van der Waals surface area contributed by atoms with Crippen LogP contribution in [0.3, 0.4) is 0 Å². The molecule has 2 rings (SSSR count). The van der Waals surface area contributed by atoms with Gasteiger partial charge in [0.15, 0.2) is 11.6 Å². The van der Waals surface area contributed by atoms with Gasteiger partial charge in [-0.25, -0.2) is 0 Å². The van der Waals surface area contributed by atoms with Crippen molar-refractivity contribution < 1.29 is 14.3 Å². The maximum absolute atomic E-state index is 12.6. The van der Waals surface area contributed by atoms with E-state index in [0.29, 0.717) is 11.1 Å². The van der Waals surface area contributed by atoms with E-state index < -0.39 is 0 Å². The first-order chi connectivity index (χ1) is 11.2. The highest BCUT2D eigenvalue weighted by atomic mass is 16.5. The predicted octanol–water partition coefficient (Wildman–Crippen LogP) is 4.62. The fourth-order valence-corrected chi connectivity index (χ4v) is 2.78. The molecule has 3 heteroatoms. The number of ketones is 2. The van der Waals surface area contributed by atoms with Crippen LogP contribution in [-0.2, 0) is 11.8 Å². The lowest BCUT2D eigenvalue weighted by Crippen LogP contribution is -2.14. The van der Waals surface area contributed by atoms with Crippen molar-refractivity contribution in [3.63, 3.8) is 0 Å². The van der Waals surface area contributed by atoms with E-state index in [1.807, 2.05) is 18.2 Å². The van der Waals surface area contributed by atoms with Gasteiger partial charge in [0.05, 0.1) is 7.11 Å². The lowest BCUT2D eigenvalue weighted by molar-refractivity contribution is 0.0969. The Balaban J connectivity index is 2.32. The van der Waals surface area contributed by atoms with Gasteiger partial charge >= 0.3 is 0 Å². The number of carbonyl (C=O) groups is 2. The Morgan fingerprint density at radius 3 is 2.17 bits per heavy atom. The molecule has 24 heavy (non-hydrogen) atoms. The van der Waals surface area contributed by atoms with Crippen LogP contribution in [0.2, 0.25) is 0 Å². The van der Waals surface area contributed by atoms with E-state index in [1.165, 1.54) is 6.92 Å². The molecule has 0 bridgehead atoms. The Morgan fingerprint density at radius 2 is 1.62 bits per heavy atom. The van der Waals surface area contributed by atoms with Crippen LogP contribution < -0.4 is 4.74 Å². The molecule has 3 nitrogen and oxygen atoms in total. The van der Waals surface area contributed by atoms with E-state index in [1.54, 1.807) is 31.4 Å². The van der Waals surface area contributed by atoms with E-state index in [4.69, 9.17) is 4.74 Å². The number of ether oxygens (including phenoxy) is 1. The van der Waals surface area contributed by atoms with Crippen molar-refractivity contribution in [1.29, 1.82) is 0 Å². The molecule has 0 aliphatic carbocycles. The van der Waals surface area contributed by atoms with Crippen molar-refractivity contribution in [3.8, 4) is 5.75 Å². The predicted molar refractivity (Wildman–Crippen MR) is 96.2 cm³/mol. The zero-order valence-electron chi connectivity index (χ0n) is 15.0. The average molecular weight is 324 g/mol. The summed E-state index contributed by atoms with van der Waals surface area (Å²) >= 11 is 0. The third kappa shape index (κ3) is 3.91. The van der Waals surface area contributed by atoms with Crippen LogP contribution >= 0.6 is 0 Å². The lowest BCUT2D eigenvalue weighted by atomic mass is 9.85. The second kappa shape index (κ2) is 7.00. The van der Waals surface area contributed by atoms with E-state index >= 15 is 0 Å². The van der Waals surface area contributed by atoms with E-state index in [-0.39, 0.29) is 23.4 Å². The zero-order valence-corrected chi connectivity index (χ0v) is 15.0. The quantitative estimate of drug-likeness (QED) is 0.754. The molecule has 0 N–H and O–H groups in total. The number of Topliss-reactive ketones (excluding diaryl/α,β-unsaturated/α-hetero) is 2. The van der Waals surface area contributed by atoms with Crippen molar-refractivity contribution in [2.45, 2.75) is 39.5 Å². The molecule has 0 saturated heterocycles. The number of benzene rings is 2. The fraction of sp³-hybridized carbons (Fsp3) is 0.333. The smallest absolute Gasteiger partial charge is 0.167 e. The number of methoxy groups -OCH3 is 1. The Morgan fingerprint density at radius 1 is 1.00 bits per heavy atom. The summed E-state index contributed by atoms with van der Waals surface area (Å²) in [5, 5.41) is 0. The molecule has 0 saturated carbocycles. The van der Waals surface area contributed by atoms with Crippen molar-refractivity contribution in [3.05, 3.63) is 64.7 Å². The summed E-state index contributed by atoms with van der Waals surface area (Å²) in [6, 6.07) is 12.8. The number of rotatable bonds is 5. The second-order valence-electron chi connectivity index (χ2n) is 6.99. The van der Waals surface area contributed by atoms with Crippen molar-refractivity contribution in [2.75, 3.05) is 7.11 Å². The summed E-state index contributed by atoms with van der Waals surface area (Å²) in [4.78, 5) is 24.3. The minimum atomic E-state index is -0.0976. The number of hydrogen-bond acceptors (Lipinski definition) is 3. The Kier molecular flexibility index (Phi) is 5.23. The molecule has 0 amide bonds. The molecule has 0 spiro atoms. The van der Waals surface area contributed by atoms with E-state index in [9.17, 15) is 9.59 Å². The number of carbonyl (C=O) groups excluding carboxylic acids is 2. The van der Waals surface area contributed by atoms with Gasteiger partial charge in [0.25, 0.3) is 0 Å². The monoisotopic (exact) mass is 324 g/mol. The van der Waals surface area contributed by atoms with Gasteiger partial charge in [-0.2, -0.15) is 0 Å². The first-order valence-electron chi connectivity index (χ1n) is 8.04. The van der Waals surface area contributed by atoms with Gasteiger partial charge in [-0.05, 0) is 29.5 Å². The summed E-state index contributed by atoms with van der Waals surface area (Å²) in [5.41, 5.74) is 2.90. The van der Waals surface area contributed by atoms with Gasteiger partial charge in [0.2, 0.25) is 0 Å². The Labute approximate surface area is 143 Å². The van der Waals surface area contributed by atoms with Crippen LogP contribution in [-0.4, -0.2) is 18.7 Å². The van der Waals surface area contributed by atoms with Gasteiger partial charge in [-0.3, -0.25) is 9.59 Å². The largest absolute Gasteiger partial charge is 0.496 e. The van der Waals surface area contributed by atoms with Gasteiger partial charge in [-0.1, -0.05) is 57.2 Å². The average Bonchev–Trinajstić information content (AvgIpc) is 2.53. The first-order valence-corrected chi connectivity index (χ1v) is 8.04. The van der Waals surface area contributed by atoms with Crippen LogP contribution in [0.4, 0.5) is 0 Å². The van der Waals surface area contributed by atoms with E-state index in [2.05, 4.69) is 20.8 Å². The maximum Gasteiger partial charge on any atom is 0.167 e. The summed E-state index contributed by atoms with van der Waals surface area (Å²) in [5.74, 6) is 0.624. The van der Waals surface area contributed by atoms with Gasteiger partial charge in [0, 0.05) is 17.5 Å². The highest BCUT2D eigenvalue weighted by Gasteiger charge is 2.20. The number of hydrogen-bond donors (Lipinski definition) is 0. The zero-order chi connectivity index (χ0) is 17.9. The van der Waals surface area contributed by atoms with Crippen LogP contribution in [0.25, 0.3) is 0 Å². The van der Waals surface area contributed by atoms with E-state index in [0.717, 1.165) is 16.9 Å². The second-order valence-corrected chi connectivity index (χ2v) is 6.99. The Bertz CT molecular complexity index is 767. The van der Waals surface area contributed by atoms with Gasteiger partial charge in [0.1, 0.15) is 5.75 Å². The molecule has 126 valence electrons. The van der Waals surface area contributed by atoms with Gasteiger partial charge in [-0.15, -0.1) is 0 Å². The fourth-order valence-electron chi connectivity index (χ4n) is 2.78. The highest BCUT2D eigenvalue weighted by molar-refractivity contribution is 6.08. The lowest BCUT2D eigenvalue weighted by Gasteiger charge is -2.22. The summed E-state index contributed by atoms with van der Waals surface area (Å²) in [7, 11) is 1.64. The molecule has 0 aromatic heterocycles. The van der Waals surface area contributed by atoms with Crippen LogP contribution in [0.15, 0.2) is 42.5 Å². The molecule has 2 aromatic carbocycles. The standard InChI is InChI=1S/C21H24O3/c1-14(22)16-8-6-7-9-17(16)19(23)12-15-10-11-18(21(2,3)4)20(13-15)24-5/h6-11,13H,12H2,1-5H3. The van der Waals surface area contributed by atoms with Crippen LogP contribution in [0.5, 0.6) is 5.75 Å². The maximum atomic E-state index is 12.6. The summed E-state index contributed by atoms with van der Waals surface area (Å²) in [6.07, 6.45) is 0.241. The minimum Gasteiger partial charge on any atom is -0.496 e. The molecular weight excluding hydrogens is 300 g/mol. The first kappa shape index (κ1) is 17.9. The van der Waals surface area contributed by atoms with Crippen molar-refractivity contribution in [1.82, 2.24) is 0 Å². The summed E-state index contributed by atoms with van der Waals surface area (Å²) < 4.78 is 5.50. The molecule has 0 heterocycles. The molecule has 2 aromatic rings. The Hall–Kier alpha value is -2.42. The third-order valence-electron chi connectivity index (χ3n) is 4.05. The summed E-state index contributed by atoms with van der Waals surface area (Å²) in [6.45, 7) is 7.85.